The number of carbonyl (C=O) groups excluding carboxylic acids is 1. The SMILES string of the molecule is O=C(NC(=S)N(CCCCO)C1CCCCC1)c1cccc([N+](=O)[O-])c1. The number of thiocarbonyl (C=S) groups is 1. The van der Waals surface area contributed by atoms with E-state index in [-0.39, 0.29) is 17.9 Å². The molecule has 1 aliphatic carbocycles. The highest BCUT2D eigenvalue weighted by Crippen LogP contribution is 2.23. The second-order valence-corrected chi connectivity index (χ2v) is 6.87. The highest BCUT2D eigenvalue weighted by Gasteiger charge is 2.24. The topological polar surface area (TPSA) is 95.7 Å². The minimum Gasteiger partial charge on any atom is -0.396 e. The third-order valence-corrected chi connectivity index (χ3v) is 4.96. The lowest BCUT2D eigenvalue weighted by Crippen LogP contribution is -2.49. The maximum Gasteiger partial charge on any atom is 0.270 e. The molecule has 1 amide bonds. The van der Waals surface area contributed by atoms with Crippen molar-refractivity contribution in [3.63, 3.8) is 0 Å². The predicted molar refractivity (Wildman–Crippen MR) is 103 cm³/mol. The van der Waals surface area contributed by atoms with E-state index in [9.17, 15) is 14.9 Å². The minimum atomic E-state index is -0.529. The van der Waals surface area contributed by atoms with Crippen LogP contribution >= 0.6 is 12.2 Å². The molecule has 1 aromatic carbocycles. The summed E-state index contributed by atoms with van der Waals surface area (Å²) in [5, 5.41) is 23.0. The van der Waals surface area contributed by atoms with E-state index >= 15 is 0 Å². The summed E-state index contributed by atoms with van der Waals surface area (Å²) in [6.45, 7) is 0.810. The van der Waals surface area contributed by atoms with Crippen LogP contribution in [0.3, 0.4) is 0 Å². The summed E-state index contributed by atoms with van der Waals surface area (Å²) in [6, 6.07) is 5.89. The highest BCUT2D eigenvalue weighted by atomic mass is 32.1. The number of hydrogen-bond acceptors (Lipinski definition) is 5. The molecule has 0 aliphatic heterocycles. The van der Waals surface area contributed by atoms with Gasteiger partial charge < -0.3 is 10.0 Å². The van der Waals surface area contributed by atoms with Gasteiger partial charge >= 0.3 is 0 Å². The number of aliphatic hydroxyl groups excluding tert-OH is 1. The van der Waals surface area contributed by atoms with E-state index in [0.717, 1.165) is 32.1 Å². The standard InChI is InChI=1S/C18H25N3O4S/c22-12-5-4-11-20(15-8-2-1-3-9-15)18(26)19-17(23)14-7-6-10-16(13-14)21(24)25/h6-7,10,13,15,22H,1-5,8-9,11-12H2,(H,19,23,26). The molecule has 142 valence electrons. The van der Waals surface area contributed by atoms with E-state index in [2.05, 4.69) is 5.32 Å². The maximum atomic E-state index is 12.5. The minimum absolute atomic E-state index is 0.129. The highest BCUT2D eigenvalue weighted by molar-refractivity contribution is 7.80. The van der Waals surface area contributed by atoms with Crippen molar-refractivity contribution in [2.75, 3.05) is 13.2 Å². The molecular weight excluding hydrogens is 354 g/mol. The number of aliphatic hydroxyl groups is 1. The number of non-ortho nitro benzene ring substituents is 1. The van der Waals surface area contributed by atoms with Gasteiger partial charge in [-0.3, -0.25) is 20.2 Å². The Bertz CT molecular complexity index is 647. The van der Waals surface area contributed by atoms with Gasteiger partial charge in [-0.25, -0.2) is 0 Å². The van der Waals surface area contributed by atoms with Crippen LogP contribution in [-0.4, -0.2) is 45.1 Å². The van der Waals surface area contributed by atoms with Gasteiger partial charge in [0, 0.05) is 36.9 Å². The predicted octanol–water partition coefficient (Wildman–Crippen LogP) is 3.02. The Morgan fingerprint density at radius 3 is 2.69 bits per heavy atom. The smallest absolute Gasteiger partial charge is 0.270 e. The lowest BCUT2D eigenvalue weighted by atomic mass is 9.94. The van der Waals surface area contributed by atoms with Crippen LogP contribution in [0.1, 0.15) is 55.3 Å². The molecule has 2 rings (SSSR count). The molecule has 0 spiro atoms. The number of rotatable bonds is 7. The van der Waals surface area contributed by atoms with Crippen molar-refractivity contribution in [2.45, 2.75) is 51.0 Å². The van der Waals surface area contributed by atoms with Crippen LogP contribution in [0.25, 0.3) is 0 Å². The third-order valence-electron chi connectivity index (χ3n) is 4.62. The first kappa shape index (κ1) is 20.3. The molecule has 8 heteroatoms. The van der Waals surface area contributed by atoms with Gasteiger partial charge in [-0.1, -0.05) is 25.3 Å². The molecule has 1 saturated carbocycles. The van der Waals surface area contributed by atoms with Crippen LogP contribution in [0.5, 0.6) is 0 Å². The van der Waals surface area contributed by atoms with E-state index in [0.29, 0.717) is 24.1 Å². The summed E-state index contributed by atoms with van der Waals surface area (Å²) in [5.41, 5.74) is 0.0798. The van der Waals surface area contributed by atoms with Gasteiger partial charge in [0.1, 0.15) is 0 Å². The number of carbonyl (C=O) groups is 1. The zero-order valence-corrected chi connectivity index (χ0v) is 15.5. The van der Waals surface area contributed by atoms with Crippen LogP contribution in [0.15, 0.2) is 24.3 Å². The fraction of sp³-hybridized carbons (Fsp3) is 0.556. The van der Waals surface area contributed by atoms with Gasteiger partial charge in [0.15, 0.2) is 5.11 Å². The molecule has 0 saturated heterocycles. The van der Waals surface area contributed by atoms with Gasteiger partial charge in [-0.15, -0.1) is 0 Å². The van der Waals surface area contributed by atoms with Crippen molar-refractivity contribution in [1.29, 1.82) is 0 Å². The number of benzene rings is 1. The molecule has 0 aromatic heterocycles. The van der Waals surface area contributed by atoms with Gasteiger partial charge in [-0.2, -0.15) is 0 Å². The number of nitro benzene ring substituents is 1. The van der Waals surface area contributed by atoms with E-state index in [1.807, 2.05) is 4.90 Å². The Balaban J connectivity index is 2.05. The molecule has 0 unspecified atom stereocenters. The van der Waals surface area contributed by atoms with Gasteiger partial charge in [0.25, 0.3) is 11.6 Å². The Labute approximate surface area is 158 Å². The number of unbranched alkanes of at least 4 members (excludes halogenated alkanes) is 1. The fourth-order valence-electron chi connectivity index (χ4n) is 3.24. The Kier molecular flexibility index (Phi) is 7.93. The van der Waals surface area contributed by atoms with Gasteiger partial charge in [-0.05, 0) is 44.0 Å². The Morgan fingerprint density at radius 1 is 1.31 bits per heavy atom. The van der Waals surface area contributed by atoms with Gasteiger partial charge in [0.2, 0.25) is 0 Å². The first-order valence-corrected chi connectivity index (χ1v) is 9.41. The number of amides is 1. The van der Waals surface area contributed by atoms with Crippen molar-refractivity contribution >= 4 is 28.9 Å². The molecule has 2 N–H and O–H groups in total. The second-order valence-electron chi connectivity index (χ2n) is 6.48. The first-order valence-electron chi connectivity index (χ1n) is 9.00. The maximum absolute atomic E-state index is 12.5. The monoisotopic (exact) mass is 379 g/mol. The van der Waals surface area contributed by atoms with Crippen LogP contribution in [0, 0.1) is 10.1 Å². The summed E-state index contributed by atoms with van der Waals surface area (Å²) < 4.78 is 0. The molecule has 0 heterocycles. The van der Waals surface area contributed by atoms with Crippen LogP contribution in [0.4, 0.5) is 5.69 Å². The summed E-state index contributed by atoms with van der Waals surface area (Å²) >= 11 is 5.46. The average Bonchev–Trinajstić information content (AvgIpc) is 2.66. The normalized spacial score (nSPS) is 14.7. The van der Waals surface area contributed by atoms with Crippen molar-refractivity contribution in [3.8, 4) is 0 Å². The molecule has 1 aliphatic rings. The molecule has 7 nitrogen and oxygen atoms in total. The van der Waals surface area contributed by atoms with Crippen molar-refractivity contribution < 1.29 is 14.8 Å². The summed E-state index contributed by atoms with van der Waals surface area (Å²) in [6.07, 6.45) is 7.04. The lowest BCUT2D eigenvalue weighted by Gasteiger charge is -2.36. The molecular formula is C18H25N3O4S. The molecule has 0 atom stereocenters. The molecule has 0 radical (unpaired) electrons. The third kappa shape index (κ3) is 5.74. The fourth-order valence-corrected chi connectivity index (χ4v) is 3.57. The van der Waals surface area contributed by atoms with Crippen molar-refractivity contribution in [2.24, 2.45) is 0 Å². The van der Waals surface area contributed by atoms with E-state index in [1.54, 1.807) is 0 Å². The summed E-state index contributed by atoms with van der Waals surface area (Å²) in [5.74, 6) is -0.443. The van der Waals surface area contributed by atoms with E-state index in [1.165, 1.54) is 30.7 Å². The number of hydrogen-bond donors (Lipinski definition) is 2. The number of nitrogens with zero attached hydrogens (tertiary/aromatic N) is 2. The van der Waals surface area contributed by atoms with Crippen molar-refractivity contribution in [3.05, 3.63) is 39.9 Å². The van der Waals surface area contributed by atoms with Crippen LogP contribution in [0.2, 0.25) is 0 Å². The lowest BCUT2D eigenvalue weighted by molar-refractivity contribution is -0.384. The summed E-state index contributed by atoms with van der Waals surface area (Å²) in [4.78, 5) is 24.8. The Morgan fingerprint density at radius 2 is 2.04 bits per heavy atom. The first-order chi connectivity index (χ1) is 12.5. The van der Waals surface area contributed by atoms with Crippen LogP contribution < -0.4 is 5.32 Å². The number of nitro groups is 1. The largest absolute Gasteiger partial charge is 0.396 e. The van der Waals surface area contributed by atoms with Gasteiger partial charge in [0.05, 0.1) is 4.92 Å². The second kappa shape index (κ2) is 10.2. The molecule has 1 fully saturated rings. The zero-order chi connectivity index (χ0) is 18.9. The van der Waals surface area contributed by atoms with E-state index in [4.69, 9.17) is 17.3 Å². The van der Waals surface area contributed by atoms with Crippen molar-refractivity contribution in [1.82, 2.24) is 10.2 Å². The van der Waals surface area contributed by atoms with E-state index < -0.39 is 10.8 Å². The molecule has 1 aromatic rings. The average molecular weight is 379 g/mol. The van der Waals surface area contributed by atoms with Crippen LogP contribution in [-0.2, 0) is 0 Å². The zero-order valence-electron chi connectivity index (χ0n) is 14.7. The molecule has 26 heavy (non-hydrogen) atoms. The summed E-state index contributed by atoms with van der Waals surface area (Å²) in [7, 11) is 0. The molecule has 0 bridgehead atoms. The Hall–Kier alpha value is -2.06. The number of nitrogens with one attached hydrogen (secondary N) is 1. The quantitative estimate of drug-likeness (QED) is 0.327.